The van der Waals surface area contributed by atoms with E-state index in [9.17, 15) is 9.18 Å². The largest absolute Gasteiger partial charge is 0.374 e. The molecule has 4 atom stereocenters. The zero-order valence-corrected chi connectivity index (χ0v) is 13.2. The van der Waals surface area contributed by atoms with Crippen LogP contribution in [0, 0.1) is 11.7 Å². The number of pyridine rings is 1. The lowest BCUT2D eigenvalue weighted by Gasteiger charge is -2.24. The summed E-state index contributed by atoms with van der Waals surface area (Å²) in [5, 5.41) is 3.11. The van der Waals surface area contributed by atoms with Crippen molar-refractivity contribution in [1.82, 2.24) is 10.3 Å². The summed E-state index contributed by atoms with van der Waals surface area (Å²) in [5.41, 5.74) is 1.71. The molecule has 2 saturated heterocycles. The second kappa shape index (κ2) is 6.32. The van der Waals surface area contributed by atoms with E-state index in [-0.39, 0.29) is 35.9 Å². The van der Waals surface area contributed by atoms with E-state index in [1.807, 2.05) is 12.1 Å². The van der Waals surface area contributed by atoms with Crippen LogP contribution in [0.4, 0.5) is 4.39 Å². The van der Waals surface area contributed by atoms with Gasteiger partial charge in [-0.3, -0.25) is 9.78 Å². The van der Waals surface area contributed by atoms with Crippen LogP contribution < -0.4 is 5.32 Å². The van der Waals surface area contributed by atoms with E-state index in [1.165, 1.54) is 12.1 Å². The fraction of sp³-hybridized carbons (Fsp3) is 0.368. The van der Waals surface area contributed by atoms with Gasteiger partial charge in [-0.1, -0.05) is 18.2 Å². The molecule has 0 saturated carbocycles. The van der Waals surface area contributed by atoms with Gasteiger partial charge in [0.2, 0.25) is 5.91 Å². The predicted molar refractivity (Wildman–Crippen MR) is 86.6 cm³/mol. The van der Waals surface area contributed by atoms with Gasteiger partial charge < -0.3 is 10.1 Å². The van der Waals surface area contributed by atoms with Crippen molar-refractivity contribution in [2.75, 3.05) is 0 Å². The lowest BCUT2D eigenvalue weighted by atomic mass is 9.88. The summed E-state index contributed by atoms with van der Waals surface area (Å²) >= 11 is 0. The van der Waals surface area contributed by atoms with Gasteiger partial charge >= 0.3 is 0 Å². The number of rotatable bonds is 4. The molecule has 1 aromatic carbocycles. The fourth-order valence-corrected chi connectivity index (χ4v) is 3.72. The van der Waals surface area contributed by atoms with Gasteiger partial charge in [0.15, 0.2) is 0 Å². The molecule has 0 radical (unpaired) electrons. The summed E-state index contributed by atoms with van der Waals surface area (Å²) in [6.45, 7) is 0. The Hall–Kier alpha value is -2.27. The molecular formula is C19H19FN2O2. The average molecular weight is 326 g/mol. The lowest BCUT2D eigenvalue weighted by Crippen LogP contribution is -2.38. The number of halogens is 1. The Kier molecular flexibility index (Phi) is 4.02. The highest BCUT2D eigenvalue weighted by atomic mass is 19.1. The number of amides is 1. The second-order valence-electron chi connectivity index (χ2n) is 6.50. The molecule has 1 aromatic heterocycles. The third-order valence-corrected chi connectivity index (χ3v) is 4.95. The maximum atomic E-state index is 13.2. The van der Waals surface area contributed by atoms with Gasteiger partial charge in [0.05, 0.1) is 24.2 Å². The third-order valence-electron chi connectivity index (χ3n) is 4.95. The number of fused-ring (bicyclic) bond motifs is 2. The van der Waals surface area contributed by atoms with Gasteiger partial charge in [-0.25, -0.2) is 4.39 Å². The van der Waals surface area contributed by atoms with E-state index in [0.29, 0.717) is 0 Å². The Morgan fingerprint density at radius 1 is 1.21 bits per heavy atom. The molecule has 1 amide bonds. The van der Waals surface area contributed by atoms with Crippen LogP contribution in [-0.2, 0) is 9.53 Å². The first kappa shape index (κ1) is 15.3. The number of hydrogen-bond acceptors (Lipinski definition) is 3. The molecule has 4 nitrogen and oxygen atoms in total. The number of nitrogens with zero attached hydrogens (tertiary/aromatic N) is 1. The molecule has 0 aliphatic carbocycles. The first-order valence-electron chi connectivity index (χ1n) is 8.32. The minimum Gasteiger partial charge on any atom is -0.374 e. The van der Waals surface area contributed by atoms with Crippen molar-refractivity contribution >= 4 is 5.91 Å². The monoisotopic (exact) mass is 326 g/mol. The maximum Gasteiger partial charge on any atom is 0.226 e. The molecule has 5 heteroatoms. The topological polar surface area (TPSA) is 51.2 Å². The SMILES string of the molecule is O=C(N[C@H](c1ccc(F)cc1)c1cccnc1)[C@H]1C[C@H]2CC[C@H]1O2. The highest BCUT2D eigenvalue weighted by Gasteiger charge is 2.44. The van der Waals surface area contributed by atoms with Crippen molar-refractivity contribution in [3.63, 3.8) is 0 Å². The van der Waals surface area contributed by atoms with Crippen LogP contribution in [-0.4, -0.2) is 23.1 Å². The first-order valence-corrected chi connectivity index (χ1v) is 8.32. The fourth-order valence-electron chi connectivity index (χ4n) is 3.72. The molecule has 0 spiro atoms. The molecule has 3 heterocycles. The van der Waals surface area contributed by atoms with E-state index in [2.05, 4.69) is 10.3 Å². The van der Waals surface area contributed by atoms with E-state index < -0.39 is 0 Å². The van der Waals surface area contributed by atoms with Gasteiger partial charge in [0.1, 0.15) is 5.82 Å². The highest BCUT2D eigenvalue weighted by Crippen LogP contribution is 2.39. The van der Waals surface area contributed by atoms with Crippen LogP contribution in [0.3, 0.4) is 0 Å². The Morgan fingerprint density at radius 2 is 2.04 bits per heavy atom. The average Bonchev–Trinajstić information content (AvgIpc) is 3.24. The van der Waals surface area contributed by atoms with E-state index in [0.717, 1.165) is 30.4 Å². The van der Waals surface area contributed by atoms with Crippen molar-refractivity contribution < 1.29 is 13.9 Å². The maximum absolute atomic E-state index is 13.2. The van der Waals surface area contributed by atoms with Crippen molar-refractivity contribution in [1.29, 1.82) is 0 Å². The Labute approximate surface area is 140 Å². The molecule has 2 aliphatic heterocycles. The summed E-state index contributed by atoms with van der Waals surface area (Å²) in [4.78, 5) is 16.9. The zero-order valence-electron chi connectivity index (χ0n) is 13.2. The highest BCUT2D eigenvalue weighted by molar-refractivity contribution is 5.80. The normalized spacial score (nSPS) is 26.3. The van der Waals surface area contributed by atoms with Crippen LogP contribution in [0.25, 0.3) is 0 Å². The molecule has 2 fully saturated rings. The van der Waals surface area contributed by atoms with E-state index in [1.54, 1.807) is 24.5 Å². The Morgan fingerprint density at radius 3 is 2.67 bits per heavy atom. The lowest BCUT2D eigenvalue weighted by molar-refractivity contribution is -0.127. The van der Waals surface area contributed by atoms with E-state index in [4.69, 9.17) is 4.74 Å². The zero-order chi connectivity index (χ0) is 16.5. The van der Waals surface area contributed by atoms with Crippen LogP contribution in [0.1, 0.15) is 36.4 Å². The van der Waals surface area contributed by atoms with Crippen LogP contribution in [0.15, 0.2) is 48.8 Å². The summed E-state index contributed by atoms with van der Waals surface area (Å²) in [7, 11) is 0. The number of aromatic nitrogens is 1. The van der Waals surface area contributed by atoms with Gasteiger partial charge in [0, 0.05) is 12.4 Å². The molecule has 2 bridgehead atoms. The molecule has 1 N–H and O–H groups in total. The van der Waals surface area contributed by atoms with Crippen LogP contribution in [0.5, 0.6) is 0 Å². The van der Waals surface area contributed by atoms with Crippen molar-refractivity contribution in [2.45, 2.75) is 37.5 Å². The minimum atomic E-state index is -0.342. The Bertz CT molecular complexity index is 720. The van der Waals surface area contributed by atoms with Crippen molar-refractivity contribution in [3.8, 4) is 0 Å². The molecule has 124 valence electrons. The molecule has 4 rings (SSSR count). The number of nitrogens with one attached hydrogen (secondary N) is 1. The molecule has 0 unspecified atom stereocenters. The smallest absolute Gasteiger partial charge is 0.226 e. The summed E-state index contributed by atoms with van der Waals surface area (Å²) in [6.07, 6.45) is 6.49. The molecular weight excluding hydrogens is 307 g/mol. The van der Waals surface area contributed by atoms with Gasteiger partial charge in [0.25, 0.3) is 0 Å². The third kappa shape index (κ3) is 2.91. The van der Waals surface area contributed by atoms with E-state index >= 15 is 0 Å². The summed E-state index contributed by atoms with van der Waals surface area (Å²) < 4.78 is 19.0. The molecule has 2 aromatic rings. The number of carbonyl (C=O) groups excluding carboxylic acids is 1. The van der Waals surface area contributed by atoms with Gasteiger partial charge in [-0.15, -0.1) is 0 Å². The van der Waals surface area contributed by atoms with Crippen LogP contribution >= 0.6 is 0 Å². The predicted octanol–water partition coefficient (Wildman–Crippen LogP) is 2.99. The first-order chi connectivity index (χ1) is 11.7. The standard InChI is InChI=1S/C19H19FN2O2/c20-14-5-3-12(4-6-14)18(13-2-1-9-21-11-13)22-19(23)16-10-15-7-8-17(16)24-15/h1-6,9,11,15-18H,7-8,10H2,(H,22,23)/t15-,16+,17-,18-/m1/s1. The molecule has 2 aliphatic rings. The van der Waals surface area contributed by atoms with Gasteiger partial charge in [-0.05, 0) is 48.6 Å². The number of ether oxygens (including phenoxy) is 1. The number of benzene rings is 1. The number of hydrogen-bond donors (Lipinski definition) is 1. The number of carbonyl (C=O) groups is 1. The second-order valence-corrected chi connectivity index (χ2v) is 6.50. The quantitative estimate of drug-likeness (QED) is 0.940. The summed E-state index contributed by atoms with van der Waals surface area (Å²) in [6, 6.07) is 9.62. The summed E-state index contributed by atoms with van der Waals surface area (Å²) in [5.74, 6) is -0.389. The van der Waals surface area contributed by atoms with Crippen molar-refractivity contribution in [2.24, 2.45) is 5.92 Å². The van der Waals surface area contributed by atoms with Crippen molar-refractivity contribution in [3.05, 3.63) is 65.7 Å². The minimum absolute atomic E-state index is 0.000350. The van der Waals surface area contributed by atoms with Gasteiger partial charge in [-0.2, -0.15) is 0 Å². The molecule has 24 heavy (non-hydrogen) atoms. The Balaban J connectivity index is 1.58. The van der Waals surface area contributed by atoms with Crippen LogP contribution in [0.2, 0.25) is 0 Å².